The van der Waals surface area contributed by atoms with E-state index in [0.717, 1.165) is 25.0 Å². The topological polar surface area (TPSA) is 76.3 Å². The van der Waals surface area contributed by atoms with Gasteiger partial charge in [0, 0.05) is 18.2 Å². The van der Waals surface area contributed by atoms with Gasteiger partial charge in [-0.3, -0.25) is 4.90 Å². The molecule has 0 bridgehead atoms. The number of hydrogen-bond donors (Lipinski definition) is 0. The first-order valence-corrected chi connectivity index (χ1v) is 10.1. The van der Waals surface area contributed by atoms with Crippen molar-refractivity contribution in [3.63, 3.8) is 0 Å². The van der Waals surface area contributed by atoms with Crippen molar-refractivity contribution in [3.05, 3.63) is 35.5 Å². The average molecular weight is 387 g/mol. The number of rotatable bonds is 4. The molecule has 1 aliphatic carbocycles. The van der Waals surface area contributed by atoms with E-state index in [2.05, 4.69) is 10.1 Å². The zero-order chi connectivity index (χ0) is 18.5. The van der Waals surface area contributed by atoms with E-state index in [1.165, 1.54) is 0 Å². The second-order valence-corrected chi connectivity index (χ2v) is 8.98. The Hall–Kier alpha value is -1.94. The minimum Gasteiger partial charge on any atom is -0.338 e. The van der Waals surface area contributed by atoms with E-state index in [4.69, 9.17) is 4.52 Å². The second kappa shape index (κ2) is 6.34. The smallest absolute Gasteiger partial charge is 0.241 e. The quantitative estimate of drug-likeness (QED) is 0.749. The minimum absolute atomic E-state index is 0.0311. The van der Waals surface area contributed by atoms with Crippen molar-refractivity contribution in [1.29, 1.82) is 0 Å². The van der Waals surface area contributed by atoms with Gasteiger partial charge in [0.15, 0.2) is 27.3 Å². The molecule has 1 saturated heterocycles. The molecule has 1 aromatic heterocycles. The molecule has 0 N–H and O–H groups in total. The third-order valence-electron chi connectivity index (χ3n) is 4.80. The first kappa shape index (κ1) is 17.5. The highest BCUT2D eigenvalue weighted by Gasteiger charge is 2.41. The summed E-state index contributed by atoms with van der Waals surface area (Å²) in [6, 6.07) is 1.52. The lowest BCUT2D eigenvalue weighted by atomic mass is 10.1. The van der Waals surface area contributed by atoms with E-state index in [9.17, 15) is 21.6 Å². The summed E-state index contributed by atoms with van der Waals surface area (Å²) in [5.41, 5.74) is -0.0311. The van der Waals surface area contributed by atoms with Crippen LogP contribution in [-0.2, 0) is 16.4 Å². The molecule has 0 spiro atoms. The van der Waals surface area contributed by atoms with Gasteiger partial charge < -0.3 is 4.52 Å². The third kappa shape index (κ3) is 3.48. The van der Waals surface area contributed by atoms with Crippen LogP contribution in [0, 0.1) is 23.4 Å². The monoisotopic (exact) mass is 387 g/mol. The fraction of sp³-hybridized carbons (Fsp3) is 0.500. The molecule has 1 atom stereocenters. The Labute approximate surface area is 147 Å². The number of sulfone groups is 1. The molecule has 2 aromatic rings. The van der Waals surface area contributed by atoms with E-state index in [0.29, 0.717) is 12.5 Å². The first-order chi connectivity index (χ1) is 12.3. The normalized spacial score (nSPS) is 23.3. The van der Waals surface area contributed by atoms with E-state index in [1.807, 2.05) is 4.90 Å². The summed E-state index contributed by atoms with van der Waals surface area (Å²) in [6.07, 6.45) is 2.00. The Balaban J connectivity index is 1.53. The molecular formula is C16H16F3N3O3S. The van der Waals surface area contributed by atoms with Crippen LogP contribution >= 0.6 is 0 Å². The Morgan fingerprint density at radius 2 is 1.88 bits per heavy atom. The standard InChI is InChI=1S/C16H16F3N3O3S/c17-11-5-10(6-12(18)15(11)19)16-20-14(25-21-16)7-22-3-4-26(23,24)8-13(22)9-1-2-9/h5-6,9,13H,1-4,7-8H2. The molecule has 4 rings (SSSR count). The lowest BCUT2D eigenvalue weighted by Gasteiger charge is -2.34. The maximum absolute atomic E-state index is 13.4. The van der Waals surface area contributed by atoms with Gasteiger partial charge in [-0.1, -0.05) is 5.16 Å². The van der Waals surface area contributed by atoms with Crippen molar-refractivity contribution in [2.75, 3.05) is 18.1 Å². The largest absolute Gasteiger partial charge is 0.338 e. The van der Waals surface area contributed by atoms with Gasteiger partial charge >= 0.3 is 0 Å². The summed E-state index contributed by atoms with van der Waals surface area (Å²) < 4.78 is 68.7. The predicted molar refractivity (Wildman–Crippen MR) is 85.2 cm³/mol. The van der Waals surface area contributed by atoms with Crippen LogP contribution in [0.25, 0.3) is 11.4 Å². The highest BCUT2D eigenvalue weighted by Crippen LogP contribution is 2.38. The van der Waals surface area contributed by atoms with E-state index in [1.54, 1.807) is 0 Å². The van der Waals surface area contributed by atoms with Crippen molar-refractivity contribution < 1.29 is 26.1 Å². The Morgan fingerprint density at radius 1 is 1.19 bits per heavy atom. The van der Waals surface area contributed by atoms with Crippen LogP contribution in [0.3, 0.4) is 0 Å². The molecule has 1 unspecified atom stereocenters. The molecule has 1 aliphatic heterocycles. The molecule has 0 amide bonds. The lowest BCUT2D eigenvalue weighted by Crippen LogP contribution is -2.49. The Bertz CT molecular complexity index is 920. The van der Waals surface area contributed by atoms with Crippen LogP contribution < -0.4 is 0 Å². The van der Waals surface area contributed by atoms with Gasteiger partial charge in [0.05, 0.1) is 18.1 Å². The van der Waals surface area contributed by atoms with Crippen LogP contribution in [0.1, 0.15) is 18.7 Å². The van der Waals surface area contributed by atoms with Crippen LogP contribution in [0.5, 0.6) is 0 Å². The molecular weight excluding hydrogens is 371 g/mol. The molecule has 1 aromatic carbocycles. The molecule has 2 fully saturated rings. The van der Waals surface area contributed by atoms with E-state index >= 15 is 0 Å². The molecule has 2 heterocycles. The van der Waals surface area contributed by atoms with Crippen molar-refractivity contribution in [1.82, 2.24) is 15.0 Å². The maximum atomic E-state index is 13.4. The van der Waals surface area contributed by atoms with Crippen molar-refractivity contribution in [3.8, 4) is 11.4 Å². The van der Waals surface area contributed by atoms with Crippen LogP contribution in [0.4, 0.5) is 13.2 Å². The number of benzene rings is 1. The van der Waals surface area contributed by atoms with Gasteiger partial charge in [0.25, 0.3) is 0 Å². The number of hydrogen-bond acceptors (Lipinski definition) is 6. The Morgan fingerprint density at radius 3 is 2.54 bits per heavy atom. The second-order valence-electron chi connectivity index (χ2n) is 6.76. The SMILES string of the molecule is O=S1(=O)CCN(Cc2nc(-c3cc(F)c(F)c(F)c3)no2)C(C2CC2)C1. The average Bonchev–Trinajstić information content (AvgIpc) is 3.32. The lowest BCUT2D eigenvalue weighted by molar-refractivity contribution is 0.162. The molecule has 1 saturated carbocycles. The van der Waals surface area contributed by atoms with Crippen molar-refractivity contribution >= 4 is 9.84 Å². The highest BCUT2D eigenvalue weighted by atomic mass is 32.2. The first-order valence-electron chi connectivity index (χ1n) is 8.24. The predicted octanol–water partition coefficient (Wildman–Crippen LogP) is 2.16. The molecule has 2 aliphatic rings. The van der Waals surface area contributed by atoms with Gasteiger partial charge in [0.1, 0.15) is 0 Å². The van der Waals surface area contributed by atoms with Crippen LogP contribution in [0.15, 0.2) is 16.7 Å². The van der Waals surface area contributed by atoms with Gasteiger partial charge in [-0.25, -0.2) is 21.6 Å². The molecule has 10 heteroatoms. The summed E-state index contributed by atoms with van der Waals surface area (Å²) in [7, 11) is -3.04. The van der Waals surface area contributed by atoms with Gasteiger partial charge in [-0.15, -0.1) is 0 Å². The highest BCUT2D eigenvalue weighted by molar-refractivity contribution is 7.91. The van der Waals surface area contributed by atoms with Gasteiger partial charge in [0.2, 0.25) is 11.7 Å². The summed E-state index contributed by atoms with van der Waals surface area (Å²) >= 11 is 0. The fourth-order valence-corrected chi connectivity index (χ4v) is 4.96. The summed E-state index contributed by atoms with van der Waals surface area (Å²) in [5.74, 6) is -3.51. The summed E-state index contributed by atoms with van der Waals surface area (Å²) in [6.45, 7) is 0.636. The fourth-order valence-electron chi connectivity index (χ4n) is 3.28. The number of nitrogens with zero attached hydrogens (tertiary/aromatic N) is 3. The molecule has 6 nitrogen and oxygen atoms in total. The van der Waals surface area contributed by atoms with Crippen LogP contribution in [-0.4, -0.2) is 47.6 Å². The van der Waals surface area contributed by atoms with Crippen LogP contribution in [0.2, 0.25) is 0 Å². The zero-order valence-corrected chi connectivity index (χ0v) is 14.5. The summed E-state index contributed by atoms with van der Waals surface area (Å²) in [4.78, 5) is 6.11. The van der Waals surface area contributed by atoms with E-state index in [-0.39, 0.29) is 41.4 Å². The molecule has 0 radical (unpaired) electrons. The van der Waals surface area contributed by atoms with Crippen molar-refractivity contribution in [2.45, 2.75) is 25.4 Å². The zero-order valence-electron chi connectivity index (χ0n) is 13.7. The van der Waals surface area contributed by atoms with Crippen molar-refractivity contribution in [2.24, 2.45) is 5.92 Å². The Kier molecular flexibility index (Phi) is 4.26. The number of aromatic nitrogens is 2. The van der Waals surface area contributed by atoms with E-state index < -0.39 is 27.3 Å². The number of halogens is 3. The van der Waals surface area contributed by atoms with Gasteiger partial charge in [-0.05, 0) is 30.9 Å². The maximum Gasteiger partial charge on any atom is 0.241 e. The molecule has 140 valence electrons. The summed E-state index contributed by atoms with van der Waals surface area (Å²) in [5, 5.41) is 3.69. The minimum atomic E-state index is -3.04. The molecule has 26 heavy (non-hydrogen) atoms. The van der Waals surface area contributed by atoms with Gasteiger partial charge in [-0.2, -0.15) is 4.98 Å². The third-order valence-corrected chi connectivity index (χ3v) is 6.45.